The lowest BCUT2D eigenvalue weighted by atomic mass is 10.1. The van der Waals surface area contributed by atoms with Crippen LogP contribution in [0.5, 0.6) is 0 Å². The van der Waals surface area contributed by atoms with E-state index in [4.69, 9.17) is 13.0 Å². The van der Waals surface area contributed by atoms with Crippen LogP contribution in [0, 0.1) is 29.2 Å². The molecule has 19 heavy (non-hydrogen) atoms. The molecule has 0 aromatic heterocycles. The number of esters is 1. The first-order valence-corrected chi connectivity index (χ1v) is 4.73. The molecule has 1 aromatic carbocycles. The molecule has 94 valence electrons. The van der Waals surface area contributed by atoms with E-state index in [2.05, 4.69) is 9.58 Å². The van der Waals surface area contributed by atoms with E-state index in [0.717, 1.165) is 12.1 Å². The highest BCUT2D eigenvalue weighted by atomic mass is 16.6. The van der Waals surface area contributed by atoms with E-state index in [1.807, 2.05) is 0 Å². The summed E-state index contributed by atoms with van der Waals surface area (Å²) in [7, 11) is 0. The maximum absolute atomic E-state index is 11.3. The van der Waals surface area contributed by atoms with Crippen LogP contribution in [0.25, 0.3) is 10.6 Å². The number of hydrogen-bond acceptors (Lipinski definition) is 5. The van der Waals surface area contributed by atoms with E-state index in [9.17, 15) is 20.0 Å². The summed E-state index contributed by atoms with van der Waals surface area (Å²) in [5, 5.41) is 20.2. The average Bonchev–Trinajstić information content (AvgIpc) is 2.39. The predicted octanol–water partition coefficient (Wildman–Crippen LogP) is 1.87. The molecule has 1 rings (SSSR count). The van der Waals surface area contributed by atoms with Crippen molar-refractivity contribution in [2.24, 2.45) is 0 Å². The number of aliphatic hydroxyl groups is 1. The molecule has 0 aliphatic rings. The number of benzene rings is 1. The fraction of sp³-hybridized carbons (Fsp3) is 0. The number of rotatable bonds is 3. The third kappa shape index (κ3) is 3.08. The van der Waals surface area contributed by atoms with Crippen molar-refractivity contribution in [2.45, 2.75) is 0 Å². The Hall–Kier alpha value is -3.32. The minimum atomic E-state index is -1.17. The minimum Gasteiger partial charge on any atom is -0.518 e. The van der Waals surface area contributed by atoms with Gasteiger partial charge in [-0.25, -0.2) is 4.85 Å². The Morgan fingerprint density at radius 3 is 2.47 bits per heavy atom. The molecule has 0 aliphatic heterocycles. The Bertz CT molecular complexity index is 632. The molecule has 1 N–H and O–H groups in total. The minimum absolute atomic E-state index is 0.0607. The lowest BCUT2D eigenvalue weighted by molar-refractivity contribution is -0.384. The number of non-ortho nitro benzene ring substituents is 1. The number of terminal acetylenes is 1. The maximum Gasteiger partial charge on any atom is 0.354 e. The molecule has 0 unspecified atom stereocenters. The predicted molar refractivity (Wildman–Crippen MR) is 64.2 cm³/mol. The van der Waals surface area contributed by atoms with Crippen LogP contribution in [0.3, 0.4) is 0 Å². The summed E-state index contributed by atoms with van der Waals surface area (Å²) in [5.41, 5.74) is -0.829. The second-order valence-corrected chi connectivity index (χ2v) is 3.12. The SMILES string of the molecule is [C-]#[N+]/C(C(=O)OC#C)=C(/O)c1ccc([N+](=O)[O-])cc1. The molecule has 1 aromatic rings. The molecule has 0 amide bonds. The van der Waals surface area contributed by atoms with Gasteiger partial charge in [0.15, 0.2) is 0 Å². The van der Waals surface area contributed by atoms with Crippen LogP contribution in [0.2, 0.25) is 0 Å². The van der Waals surface area contributed by atoms with Gasteiger partial charge in [0.2, 0.25) is 0 Å². The van der Waals surface area contributed by atoms with Gasteiger partial charge in [-0.2, -0.15) is 0 Å². The summed E-state index contributed by atoms with van der Waals surface area (Å²) in [6.45, 7) is 6.79. The zero-order valence-electron chi connectivity index (χ0n) is 9.36. The van der Waals surface area contributed by atoms with Gasteiger partial charge in [0, 0.05) is 17.7 Å². The molecule has 0 radical (unpaired) electrons. The summed E-state index contributed by atoms with van der Waals surface area (Å²) >= 11 is 0. The van der Waals surface area contributed by atoms with E-state index < -0.39 is 22.3 Å². The van der Waals surface area contributed by atoms with Gasteiger partial charge in [-0.3, -0.25) is 14.9 Å². The summed E-state index contributed by atoms with van der Waals surface area (Å²) in [4.78, 5) is 23.9. The van der Waals surface area contributed by atoms with Crippen LogP contribution in [-0.2, 0) is 9.53 Å². The van der Waals surface area contributed by atoms with Crippen LogP contribution in [0.4, 0.5) is 5.69 Å². The number of hydrogen-bond donors (Lipinski definition) is 1. The molecule has 7 heteroatoms. The lowest BCUT2D eigenvalue weighted by Crippen LogP contribution is -2.04. The van der Waals surface area contributed by atoms with Gasteiger partial charge in [-0.15, -0.1) is 0 Å². The lowest BCUT2D eigenvalue weighted by Gasteiger charge is -2.02. The quantitative estimate of drug-likeness (QED) is 0.170. The first-order valence-electron chi connectivity index (χ1n) is 4.73. The highest BCUT2D eigenvalue weighted by molar-refractivity contribution is 5.98. The van der Waals surface area contributed by atoms with E-state index in [1.54, 1.807) is 6.11 Å². The summed E-state index contributed by atoms with van der Waals surface area (Å²) < 4.78 is 4.15. The molecule has 0 atom stereocenters. The summed E-state index contributed by atoms with van der Waals surface area (Å²) in [5.74, 6) is -1.83. The first kappa shape index (κ1) is 13.7. The first-order chi connectivity index (χ1) is 9.01. The van der Waals surface area contributed by atoms with Gasteiger partial charge in [0.05, 0.1) is 11.5 Å². The second kappa shape index (κ2) is 5.84. The van der Waals surface area contributed by atoms with Gasteiger partial charge in [-0.1, -0.05) is 6.42 Å². The largest absolute Gasteiger partial charge is 0.518 e. The van der Waals surface area contributed by atoms with Crippen LogP contribution < -0.4 is 0 Å². The van der Waals surface area contributed by atoms with Crippen molar-refractivity contribution in [2.75, 3.05) is 0 Å². The maximum atomic E-state index is 11.3. The Kier molecular flexibility index (Phi) is 4.23. The van der Waals surface area contributed by atoms with Crippen LogP contribution >= 0.6 is 0 Å². The van der Waals surface area contributed by atoms with Crippen molar-refractivity contribution >= 4 is 17.4 Å². The molecule has 0 aliphatic carbocycles. The van der Waals surface area contributed by atoms with Crippen molar-refractivity contribution in [1.29, 1.82) is 0 Å². The van der Waals surface area contributed by atoms with Crippen molar-refractivity contribution in [3.8, 4) is 12.5 Å². The number of ether oxygens (including phenoxy) is 1. The Labute approximate surface area is 107 Å². The van der Waals surface area contributed by atoms with Gasteiger partial charge >= 0.3 is 11.7 Å². The van der Waals surface area contributed by atoms with E-state index in [1.165, 1.54) is 12.1 Å². The molecular weight excluding hydrogens is 252 g/mol. The third-order valence-electron chi connectivity index (χ3n) is 2.03. The van der Waals surface area contributed by atoms with Crippen LogP contribution in [0.1, 0.15) is 5.56 Å². The molecule has 0 bridgehead atoms. The molecule has 0 saturated carbocycles. The molecule has 0 saturated heterocycles. The molecule has 0 heterocycles. The smallest absolute Gasteiger partial charge is 0.354 e. The van der Waals surface area contributed by atoms with Gasteiger partial charge in [-0.05, 0) is 12.1 Å². The van der Waals surface area contributed by atoms with Crippen molar-refractivity contribution < 1.29 is 19.6 Å². The average molecular weight is 258 g/mol. The van der Waals surface area contributed by atoms with Crippen molar-refractivity contribution in [3.05, 3.63) is 57.1 Å². The van der Waals surface area contributed by atoms with Gasteiger partial charge in [0.1, 0.15) is 11.9 Å². The normalized spacial score (nSPS) is 10.6. The Morgan fingerprint density at radius 2 is 2.05 bits per heavy atom. The van der Waals surface area contributed by atoms with Crippen LogP contribution in [-0.4, -0.2) is 16.0 Å². The standard InChI is InChI=1S/C12H6N2O5/c1-3-19-12(16)10(13-2)11(15)8-4-6-9(7-5-8)14(17)18/h1,4-7,15H/b11-10+. The van der Waals surface area contributed by atoms with E-state index in [-0.39, 0.29) is 11.3 Å². The van der Waals surface area contributed by atoms with E-state index in [0.29, 0.717) is 0 Å². The topological polar surface area (TPSA) is 94.0 Å². The second-order valence-electron chi connectivity index (χ2n) is 3.12. The number of nitro groups is 1. The summed E-state index contributed by atoms with van der Waals surface area (Å²) in [6, 6.07) is 4.64. The Morgan fingerprint density at radius 1 is 1.47 bits per heavy atom. The van der Waals surface area contributed by atoms with Crippen molar-refractivity contribution in [1.82, 2.24) is 0 Å². The number of aliphatic hydroxyl groups excluding tert-OH is 1. The third-order valence-corrected chi connectivity index (χ3v) is 2.03. The van der Waals surface area contributed by atoms with Crippen LogP contribution in [0.15, 0.2) is 30.0 Å². The Balaban J connectivity index is 3.20. The fourth-order valence-electron chi connectivity index (χ4n) is 1.17. The highest BCUT2D eigenvalue weighted by Crippen LogP contribution is 2.21. The van der Waals surface area contributed by atoms with Gasteiger partial charge in [0.25, 0.3) is 5.69 Å². The van der Waals surface area contributed by atoms with Crippen molar-refractivity contribution in [3.63, 3.8) is 0 Å². The molecular formula is C12H6N2O5. The number of nitro benzene ring substituents is 1. The molecule has 0 spiro atoms. The number of carbonyl (C=O) groups excluding carboxylic acids is 1. The molecule has 0 fully saturated rings. The van der Waals surface area contributed by atoms with E-state index >= 15 is 0 Å². The zero-order chi connectivity index (χ0) is 14.4. The fourth-order valence-corrected chi connectivity index (χ4v) is 1.17. The zero-order valence-corrected chi connectivity index (χ0v) is 9.36. The summed E-state index contributed by atoms with van der Waals surface area (Å²) in [6.07, 6.45) is 6.32. The number of carbonyl (C=O) groups is 1. The highest BCUT2D eigenvalue weighted by Gasteiger charge is 2.19. The number of nitrogens with zero attached hydrogens (tertiary/aromatic N) is 2. The van der Waals surface area contributed by atoms with Gasteiger partial charge < -0.3 is 9.84 Å². The molecule has 7 nitrogen and oxygen atoms in total. The monoisotopic (exact) mass is 258 g/mol.